The molecule has 6 rings (SSSR count). The van der Waals surface area contributed by atoms with Crippen molar-refractivity contribution in [3.63, 3.8) is 0 Å². The molecule has 4 bridgehead atoms. The van der Waals surface area contributed by atoms with Crippen LogP contribution in [0, 0.1) is 46.5 Å². The highest BCUT2D eigenvalue weighted by atomic mass is 32.2. The first-order valence-corrected chi connectivity index (χ1v) is 9.39. The maximum absolute atomic E-state index is 14.0. The minimum Gasteiger partial charge on any atom is -0.203 e. The van der Waals surface area contributed by atoms with Crippen molar-refractivity contribution in [2.45, 2.75) is 23.0 Å². The zero-order chi connectivity index (χ0) is 19.2. The van der Waals surface area contributed by atoms with Crippen molar-refractivity contribution < 1.29 is 35.1 Å². The lowest BCUT2D eigenvalue weighted by Crippen LogP contribution is -2.11. The van der Waals surface area contributed by atoms with Gasteiger partial charge in [0.1, 0.15) is 0 Å². The van der Waals surface area contributed by atoms with Crippen molar-refractivity contribution in [2.24, 2.45) is 0 Å². The van der Waals surface area contributed by atoms with E-state index in [9.17, 15) is 35.1 Å². The fourth-order valence-corrected chi connectivity index (χ4v) is 4.50. The summed E-state index contributed by atoms with van der Waals surface area (Å²) in [5.74, 6) is -15.6. The Morgan fingerprint density at radius 2 is 0.500 bits per heavy atom. The van der Waals surface area contributed by atoms with E-state index in [4.69, 9.17) is 0 Å². The summed E-state index contributed by atoms with van der Waals surface area (Å²) in [5.41, 5.74) is -3.80. The Bertz CT molecular complexity index is 695. The average Bonchev–Trinajstić information content (AvgIpc) is 2.62. The number of rotatable bonds is 0. The summed E-state index contributed by atoms with van der Waals surface area (Å²) in [6, 6.07) is 0. The van der Waals surface area contributed by atoms with E-state index in [2.05, 4.69) is 0 Å². The van der Waals surface area contributed by atoms with E-state index in [-0.39, 0.29) is 0 Å². The van der Waals surface area contributed by atoms with Gasteiger partial charge in [0.05, 0.1) is 0 Å². The number of halogens is 8. The van der Waals surface area contributed by atoms with E-state index >= 15 is 0 Å². The van der Waals surface area contributed by atoms with Crippen LogP contribution in [0.5, 0.6) is 0 Å². The quantitative estimate of drug-likeness (QED) is 0.383. The second-order valence-corrected chi connectivity index (χ2v) is 7.38. The molecule has 0 radical (unpaired) electrons. The van der Waals surface area contributed by atoms with Crippen molar-refractivity contribution >= 4 is 23.5 Å². The molecule has 0 nitrogen and oxygen atoms in total. The fourth-order valence-electron chi connectivity index (χ4n) is 2.46. The molecule has 0 unspecified atom stereocenters. The van der Waals surface area contributed by atoms with Crippen LogP contribution in [-0.4, -0.2) is 0 Å². The van der Waals surface area contributed by atoms with Gasteiger partial charge in [-0.05, 0) is 0 Å². The standard InChI is InChI=1S/C16H8F8S2/c17-9-5-1-25-2-6-13(21)15(23)8(16(24)14(6)22)4-26-3-7(11(9)19)12(20)10(5)18/h1-4H2. The molecule has 0 saturated heterocycles. The van der Waals surface area contributed by atoms with Crippen molar-refractivity contribution in [1.82, 2.24) is 0 Å². The summed E-state index contributed by atoms with van der Waals surface area (Å²) < 4.78 is 112. The molecule has 4 heterocycles. The molecule has 4 aliphatic heterocycles. The molecule has 0 atom stereocenters. The van der Waals surface area contributed by atoms with Crippen LogP contribution in [0.4, 0.5) is 35.1 Å². The summed E-state index contributed by atoms with van der Waals surface area (Å²) in [6.07, 6.45) is 0. The minimum absolute atomic E-state index is 0.456. The van der Waals surface area contributed by atoms with Crippen molar-refractivity contribution in [3.05, 3.63) is 68.8 Å². The Labute approximate surface area is 151 Å². The van der Waals surface area contributed by atoms with Gasteiger partial charge in [0.25, 0.3) is 0 Å². The topological polar surface area (TPSA) is 0 Å². The first-order chi connectivity index (χ1) is 12.3. The maximum atomic E-state index is 14.0. The second kappa shape index (κ2) is 7.30. The van der Waals surface area contributed by atoms with Gasteiger partial charge in [0.15, 0.2) is 46.5 Å². The molecular weight excluding hydrogens is 408 g/mol. The van der Waals surface area contributed by atoms with Gasteiger partial charge in [-0.25, -0.2) is 35.1 Å². The number of thioether (sulfide) groups is 2. The summed E-state index contributed by atoms with van der Waals surface area (Å²) in [6.45, 7) is 0. The van der Waals surface area contributed by atoms with Gasteiger partial charge in [-0.2, -0.15) is 23.5 Å². The third kappa shape index (κ3) is 3.06. The Kier molecular flexibility index (Phi) is 5.43. The molecule has 26 heavy (non-hydrogen) atoms. The molecule has 0 amide bonds. The highest BCUT2D eigenvalue weighted by molar-refractivity contribution is 7.98. The van der Waals surface area contributed by atoms with Crippen molar-refractivity contribution in [1.29, 1.82) is 0 Å². The molecular formula is C16H8F8S2. The van der Waals surface area contributed by atoms with Crippen LogP contribution in [0.2, 0.25) is 0 Å². The molecule has 0 aliphatic carbocycles. The lowest BCUT2D eigenvalue weighted by Gasteiger charge is -2.15. The van der Waals surface area contributed by atoms with Gasteiger partial charge < -0.3 is 0 Å². The van der Waals surface area contributed by atoms with E-state index in [1.165, 1.54) is 0 Å². The first kappa shape index (κ1) is 19.3. The summed E-state index contributed by atoms with van der Waals surface area (Å²) >= 11 is 0.913. The van der Waals surface area contributed by atoms with E-state index in [0.717, 1.165) is 0 Å². The van der Waals surface area contributed by atoms with Crippen LogP contribution in [0.3, 0.4) is 0 Å². The van der Waals surface area contributed by atoms with Crippen LogP contribution < -0.4 is 0 Å². The Morgan fingerprint density at radius 3 is 0.654 bits per heavy atom. The fraction of sp³-hybridized carbons (Fsp3) is 0.250. The van der Waals surface area contributed by atoms with Crippen LogP contribution in [0.15, 0.2) is 0 Å². The predicted molar refractivity (Wildman–Crippen MR) is 82.5 cm³/mol. The number of hydrogen-bond donors (Lipinski definition) is 0. The molecule has 0 spiro atoms. The molecule has 0 N–H and O–H groups in total. The Morgan fingerprint density at radius 1 is 0.346 bits per heavy atom. The lowest BCUT2D eigenvalue weighted by atomic mass is 10.1. The molecule has 0 fully saturated rings. The molecule has 4 aliphatic rings. The SMILES string of the molecule is Fc1c(F)c2c(F)c(F)c1CSCc1c(F)c(F)c(c(F)c1F)CSC2. The summed E-state index contributed by atoms with van der Waals surface area (Å²) in [5, 5.41) is 0. The Balaban J connectivity index is 2.14. The van der Waals surface area contributed by atoms with Crippen molar-refractivity contribution in [2.75, 3.05) is 0 Å². The van der Waals surface area contributed by atoms with Gasteiger partial charge in [-0.15, -0.1) is 0 Å². The van der Waals surface area contributed by atoms with Gasteiger partial charge in [-0.3, -0.25) is 0 Å². The normalized spacial score (nSPS) is 14.8. The van der Waals surface area contributed by atoms with Gasteiger partial charge in [0.2, 0.25) is 0 Å². The zero-order valence-corrected chi connectivity index (χ0v) is 14.3. The smallest absolute Gasteiger partial charge is 0.166 e. The molecule has 2 aromatic carbocycles. The second-order valence-electron chi connectivity index (χ2n) is 5.41. The van der Waals surface area contributed by atoms with E-state index in [1.807, 2.05) is 0 Å². The monoisotopic (exact) mass is 416 g/mol. The summed E-state index contributed by atoms with van der Waals surface area (Å²) in [4.78, 5) is 0. The average molecular weight is 416 g/mol. The van der Waals surface area contributed by atoms with E-state index < -0.39 is 91.8 Å². The molecule has 2 aromatic rings. The minimum atomic E-state index is -1.60. The van der Waals surface area contributed by atoms with Crippen LogP contribution in [-0.2, 0) is 23.0 Å². The number of benzene rings is 2. The van der Waals surface area contributed by atoms with E-state index in [0.29, 0.717) is 23.5 Å². The molecule has 10 heteroatoms. The summed E-state index contributed by atoms with van der Waals surface area (Å²) in [7, 11) is 0. The van der Waals surface area contributed by atoms with Crippen molar-refractivity contribution in [3.8, 4) is 0 Å². The highest BCUT2D eigenvalue weighted by Crippen LogP contribution is 2.35. The van der Waals surface area contributed by atoms with Gasteiger partial charge >= 0.3 is 0 Å². The van der Waals surface area contributed by atoms with E-state index in [1.54, 1.807) is 0 Å². The third-order valence-electron chi connectivity index (χ3n) is 3.88. The van der Waals surface area contributed by atoms with Crippen LogP contribution >= 0.6 is 23.5 Å². The first-order valence-electron chi connectivity index (χ1n) is 7.08. The molecule has 140 valence electrons. The van der Waals surface area contributed by atoms with Crippen LogP contribution in [0.25, 0.3) is 0 Å². The largest absolute Gasteiger partial charge is 0.203 e. The van der Waals surface area contributed by atoms with Gasteiger partial charge in [-0.1, -0.05) is 0 Å². The Hall–Kier alpha value is -1.42. The molecule has 0 aromatic heterocycles. The maximum Gasteiger partial charge on any atom is 0.166 e. The number of hydrogen-bond acceptors (Lipinski definition) is 2. The lowest BCUT2D eigenvalue weighted by molar-refractivity contribution is 0.432. The zero-order valence-electron chi connectivity index (χ0n) is 12.7. The highest BCUT2D eigenvalue weighted by Gasteiger charge is 2.29. The third-order valence-corrected chi connectivity index (χ3v) is 5.85. The van der Waals surface area contributed by atoms with Gasteiger partial charge in [0, 0.05) is 45.3 Å². The predicted octanol–water partition coefficient (Wildman–Crippen LogP) is 5.98. The van der Waals surface area contributed by atoms with Crippen LogP contribution in [0.1, 0.15) is 22.3 Å². The molecule has 0 saturated carbocycles.